The summed E-state index contributed by atoms with van der Waals surface area (Å²) in [5, 5.41) is 9.73. The molecule has 0 aliphatic heterocycles. The molecule has 0 aromatic heterocycles. The summed E-state index contributed by atoms with van der Waals surface area (Å²) in [4.78, 5) is 13.1. The molecular weight excluding hydrogens is 244 g/mol. The number of aliphatic hydroxyl groups excluding tert-OH is 1. The molecule has 1 atom stereocenters. The van der Waals surface area contributed by atoms with Crippen LogP contribution in [0.4, 0.5) is 0 Å². The highest BCUT2D eigenvalue weighted by atomic mass is 16.5. The fraction of sp³-hybridized carbons (Fsp3) is 0.500. The third-order valence-electron chi connectivity index (χ3n) is 2.70. The zero-order chi connectivity index (χ0) is 14.3. The van der Waals surface area contributed by atoms with Gasteiger partial charge < -0.3 is 15.6 Å². The number of carbonyl (C=O) groups excluding carboxylic acids is 1. The number of carbonyl (C=O) groups is 1. The van der Waals surface area contributed by atoms with E-state index in [1.165, 1.54) is 0 Å². The van der Waals surface area contributed by atoms with Crippen LogP contribution in [-0.4, -0.2) is 48.8 Å². The number of rotatable bonds is 8. The Morgan fingerprint density at radius 1 is 1.53 bits per heavy atom. The number of primary amides is 1. The second-order valence-electron chi connectivity index (χ2n) is 4.57. The molecule has 0 saturated heterocycles. The highest BCUT2D eigenvalue weighted by Gasteiger charge is 2.09. The van der Waals surface area contributed by atoms with Crippen molar-refractivity contribution in [2.75, 3.05) is 26.8 Å². The molecule has 1 aromatic carbocycles. The highest BCUT2D eigenvalue weighted by molar-refractivity contribution is 5.92. The summed E-state index contributed by atoms with van der Waals surface area (Å²) in [5.74, 6) is -0.430. The van der Waals surface area contributed by atoms with Gasteiger partial charge in [0.25, 0.3) is 0 Å². The lowest BCUT2D eigenvalue weighted by Crippen LogP contribution is -2.32. The average molecular weight is 266 g/mol. The minimum atomic E-state index is -0.510. The summed E-state index contributed by atoms with van der Waals surface area (Å²) in [5.41, 5.74) is 6.73. The Labute approximate surface area is 114 Å². The molecule has 1 amide bonds. The van der Waals surface area contributed by atoms with Crippen molar-refractivity contribution in [1.29, 1.82) is 0 Å². The van der Waals surface area contributed by atoms with Gasteiger partial charge in [-0.2, -0.15) is 0 Å². The molecule has 0 radical (unpaired) electrons. The molecule has 0 spiro atoms. The fourth-order valence-electron chi connectivity index (χ4n) is 1.87. The van der Waals surface area contributed by atoms with Gasteiger partial charge in [0.15, 0.2) is 0 Å². The van der Waals surface area contributed by atoms with Crippen molar-refractivity contribution in [2.45, 2.75) is 19.6 Å². The van der Waals surface area contributed by atoms with Gasteiger partial charge in [-0.05, 0) is 31.7 Å². The highest BCUT2D eigenvalue weighted by Crippen LogP contribution is 2.07. The summed E-state index contributed by atoms with van der Waals surface area (Å²) in [6, 6.07) is 7.20. The molecule has 1 rings (SSSR count). The molecule has 3 N–H and O–H groups in total. The van der Waals surface area contributed by atoms with E-state index < -0.39 is 12.0 Å². The Hall–Kier alpha value is -1.43. The summed E-state index contributed by atoms with van der Waals surface area (Å²) >= 11 is 0. The van der Waals surface area contributed by atoms with Crippen molar-refractivity contribution in [3.63, 3.8) is 0 Å². The first kappa shape index (κ1) is 15.6. The largest absolute Gasteiger partial charge is 0.389 e. The Kier molecular flexibility index (Phi) is 6.49. The van der Waals surface area contributed by atoms with Crippen LogP contribution in [0, 0.1) is 0 Å². The molecule has 19 heavy (non-hydrogen) atoms. The van der Waals surface area contributed by atoms with Crippen LogP contribution in [-0.2, 0) is 11.3 Å². The topological polar surface area (TPSA) is 75.8 Å². The fourth-order valence-corrected chi connectivity index (χ4v) is 1.87. The SMILES string of the molecule is CCOC[C@@H](O)CN(C)Cc1cccc(C(N)=O)c1. The second-order valence-corrected chi connectivity index (χ2v) is 4.57. The lowest BCUT2D eigenvalue weighted by atomic mass is 10.1. The number of amides is 1. The van der Waals surface area contributed by atoms with Crippen LogP contribution in [0.5, 0.6) is 0 Å². The normalized spacial score (nSPS) is 12.6. The van der Waals surface area contributed by atoms with Gasteiger partial charge >= 0.3 is 0 Å². The molecule has 0 aliphatic carbocycles. The van der Waals surface area contributed by atoms with Gasteiger partial charge in [-0.1, -0.05) is 12.1 Å². The van der Waals surface area contributed by atoms with Crippen LogP contribution in [0.3, 0.4) is 0 Å². The Morgan fingerprint density at radius 3 is 2.89 bits per heavy atom. The molecule has 0 unspecified atom stereocenters. The van der Waals surface area contributed by atoms with Crippen LogP contribution in [0.1, 0.15) is 22.8 Å². The first-order chi connectivity index (χ1) is 9.02. The van der Waals surface area contributed by atoms with E-state index in [0.717, 1.165) is 5.56 Å². The van der Waals surface area contributed by atoms with E-state index in [1.807, 2.05) is 24.9 Å². The van der Waals surface area contributed by atoms with Crippen molar-refractivity contribution in [3.05, 3.63) is 35.4 Å². The van der Waals surface area contributed by atoms with Crippen molar-refractivity contribution >= 4 is 5.91 Å². The van der Waals surface area contributed by atoms with Gasteiger partial charge in [0, 0.05) is 25.3 Å². The summed E-state index contributed by atoms with van der Waals surface area (Å²) < 4.78 is 5.16. The lowest BCUT2D eigenvalue weighted by Gasteiger charge is -2.20. The predicted molar refractivity (Wildman–Crippen MR) is 73.8 cm³/mol. The number of nitrogens with zero attached hydrogens (tertiary/aromatic N) is 1. The van der Waals surface area contributed by atoms with Gasteiger partial charge in [0.1, 0.15) is 0 Å². The lowest BCUT2D eigenvalue weighted by molar-refractivity contribution is 0.0244. The predicted octanol–water partition coefficient (Wildman–Crippen LogP) is 0.615. The number of hydrogen-bond donors (Lipinski definition) is 2. The van der Waals surface area contributed by atoms with Crippen LogP contribution in [0.25, 0.3) is 0 Å². The molecule has 0 saturated carbocycles. The minimum absolute atomic E-state index is 0.335. The third kappa shape index (κ3) is 5.83. The summed E-state index contributed by atoms with van der Waals surface area (Å²) in [6.45, 7) is 3.99. The second kappa shape index (κ2) is 7.89. The molecular formula is C14H22N2O3. The molecule has 1 aromatic rings. The molecule has 0 aliphatic rings. The van der Waals surface area contributed by atoms with E-state index in [2.05, 4.69) is 0 Å². The van der Waals surface area contributed by atoms with Crippen molar-refractivity contribution in [1.82, 2.24) is 4.90 Å². The maximum Gasteiger partial charge on any atom is 0.248 e. The number of aliphatic hydroxyl groups is 1. The van der Waals surface area contributed by atoms with Crippen LogP contribution in [0.2, 0.25) is 0 Å². The number of likely N-dealkylation sites (N-methyl/N-ethyl adjacent to an activating group) is 1. The van der Waals surface area contributed by atoms with Gasteiger partial charge in [-0.25, -0.2) is 0 Å². The molecule has 0 fully saturated rings. The maximum absolute atomic E-state index is 11.1. The zero-order valence-electron chi connectivity index (χ0n) is 11.5. The van der Waals surface area contributed by atoms with Crippen LogP contribution in [0.15, 0.2) is 24.3 Å². The zero-order valence-corrected chi connectivity index (χ0v) is 11.5. The summed E-state index contributed by atoms with van der Waals surface area (Å²) in [6.07, 6.45) is -0.510. The van der Waals surface area contributed by atoms with Crippen LogP contribution < -0.4 is 5.73 Å². The van der Waals surface area contributed by atoms with Crippen LogP contribution >= 0.6 is 0 Å². The van der Waals surface area contributed by atoms with E-state index in [4.69, 9.17) is 10.5 Å². The first-order valence-corrected chi connectivity index (χ1v) is 6.36. The molecule has 5 nitrogen and oxygen atoms in total. The smallest absolute Gasteiger partial charge is 0.248 e. The van der Waals surface area contributed by atoms with E-state index >= 15 is 0 Å². The minimum Gasteiger partial charge on any atom is -0.389 e. The Balaban J connectivity index is 2.49. The monoisotopic (exact) mass is 266 g/mol. The molecule has 106 valence electrons. The van der Waals surface area contributed by atoms with Gasteiger partial charge in [-0.3, -0.25) is 9.69 Å². The quantitative estimate of drug-likeness (QED) is 0.723. The molecule has 0 bridgehead atoms. The number of benzene rings is 1. The van der Waals surface area contributed by atoms with Gasteiger partial charge in [-0.15, -0.1) is 0 Å². The first-order valence-electron chi connectivity index (χ1n) is 6.36. The molecule has 0 heterocycles. The van der Waals surface area contributed by atoms with Crippen molar-refractivity contribution in [3.8, 4) is 0 Å². The van der Waals surface area contributed by atoms with Crippen molar-refractivity contribution < 1.29 is 14.6 Å². The Morgan fingerprint density at radius 2 is 2.26 bits per heavy atom. The average Bonchev–Trinajstić information content (AvgIpc) is 2.36. The van der Waals surface area contributed by atoms with E-state index in [9.17, 15) is 9.90 Å². The number of nitrogens with two attached hydrogens (primary N) is 1. The number of ether oxygens (including phenoxy) is 1. The standard InChI is InChI=1S/C14H22N2O3/c1-3-19-10-13(17)9-16(2)8-11-5-4-6-12(7-11)14(15)18/h4-7,13,17H,3,8-10H2,1-2H3,(H2,15,18)/t13-/m0/s1. The molecule has 5 heteroatoms. The van der Waals surface area contributed by atoms with Gasteiger partial charge in [0.2, 0.25) is 5.91 Å². The maximum atomic E-state index is 11.1. The van der Waals surface area contributed by atoms with E-state index in [1.54, 1.807) is 18.2 Å². The van der Waals surface area contributed by atoms with Crippen molar-refractivity contribution in [2.24, 2.45) is 5.73 Å². The van der Waals surface area contributed by atoms with E-state index in [-0.39, 0.29) is 0 Å². The number of hydrogen-bond acceptors (Lipinski definition) is 4. The Bertz CT molecular complexity index is 409. The summed E-state index contributed by atoms with van der Waals surface area (Å²) in [7, 11) is 1.91. The van der Waals surface area contributed by atoms with Gasteiger partial charge in [0.05, 0.1) is 12.7 Å². The van der Waals surface area contributed by atoms with E-state index in [0.29, 0.717) is 31.9 Å². The third-order valence-corrected chi connectivity index (χ3v) is 2.70.